The number of hydrogen-bond donors (Lipinski definition) is 2. The van der Waals surface area contributed by atoms with Crippen molar-refractivity contribution in [1.29, 1.82) is 0 Å². The van der Waals surface area contributed by atoms with Crippen LogP contribution in [0.3, 0.4) is 0 Å². The second kappa shape index (κ2) is 11.7. The highest BCUT2D eigenvalue weighted by Gasteiger charge is 2.65. The summed E-state index contributed by atoms with van der Waals surface area (Å²) in [6.45, 7) is 4.37. The molecule has 17 heteroatoms. The molecule has 3 heterocycles. The number of hydrogen-bond acceptors (Lipinski definition) is 7. The zero-order chi connectivity index (χ0) is 33.3. The van der Waals surface area contributed by atoms with Gasteiger partial charge in [0.2, 0.25) is 11.8 Å². The number of halogens is 5. The monoisotopic (exact) mass is 663 g/mol. The van der Waals surface area contributed by atoms with Crippen LogP contribution in [0.1, 0.15) is 45.2 Å². The van der Waals surface area contributed by atoms with Crippen molar-refractivity contribution in [1.82, 2.24) is 20.5 Å². The van der Waals surface area contributed by atoms with Crippen LogP contribution in [-0.4, -0.2) is 77.7 Å². The maximum atomic E-state index is 14.4. The third-order valence-electron chi connectivity index (χ3n) is 6.97. The molecule has 4 rings (SSSR count). The fourth-order valence-corrected chi connectivity index (χ4v) is 5.53. The van der Waals surface area contributed by atoms with E-state index in [0.717, 1.165) is 9.80 Å². The number of nitrogens with one attached hydrogen (secondary N) is 2. The van der Waals surface area contributed by atoms with Crippen LogP contribution in [-0.2, 0) is 23.9 Å². The van der Waals surface area contributed by atoms with Gasteiger partial charge in [-0.2, -0.15) is 0 Å². The molecule has 1 unspecified atom stereocenters. The number of rotatable bonds is 7. The Balaban J connectivity index is 1.84. The summed E-state index contributed by atoms with van der Waals surface area (Å²) in [5, 5.41) is 5.31. The largest absolute Gasteiger partial charge is 0.444 e. The molecule has 45 heavy (non-hydrogen) atoms. The van der Waals surface area contributed by atoms with Gasteiger partial charge in [-0.1, -0.05) is 25.5 Å². The lowest BCUT2D eigenvalue weighted by molar-refractivity contribution is -0.133. The topological polar surface area (TPSA) is 130 Å². The smallest absolute Gasteiger partial charge is 0.411 e. The third-order valence-corrected chi connectivity index (χ3v) is 8.13. The van der Waals surface area contributed by atoms with Crippen molar-refractivity contribution in [2.45, 2.75) is 62.2 Å². The maximum absolute atomic E-state index is 14.4. The molecule has 0 spiro atoms. The second-order valence-corrected chi connectivity index (χ2v) is 14.1. The lowest BCUT2D eigenvalue weighted by Gasteiger charge is -2.42. The molecule has 1 aromatic heterocycles. The Morgan fingerprint density at radius 3 is 2.29 bits per heavy atom. The van der Waals surface area contributed by atoms with Crippen LogP contribution < -0.4 is 15.5 Å². The molecule has 4 amide bonds. The van der Waals surface area contributed by atoms with E-state index in [0.29, 0.717) is 38.2 Å². The van der Waals surface area contributed by atoms with Crippen molar-refractivity contribution in [2.75, 3.05) is 31.2 Å². The summed E-state index contributed by atoms with van der Waals surface area (Å²) in [7, 11) is -10.1. The molecule has 2 saturated heterocycles. The summed E-state index contributed by atoms with van der Waals surface area (Å²) in [4.78, 5) is 57.3. The highest BCUT2D eigenvalue weighted by atomic mass is 32.5. The molecule has 2 aliphatic rings. The molecule has 0 bridgehead atoms. The van der Waals surface area contributed by atoms with Gasteiger partial charge in [0.05, 0.1) is 0 Å². The van der Waals surface area contributed by atoms with Gasteiger partial charge in [-0.3, -0.25) is 29.2 Å². The van der Waals surface area contributed by atoms with Gasteiger partial charge in [0, 0.05) is 49.4 Å². The molecule has 2 N–H and O–H groups in total. The Hall–Kier alpha value is -3.99. The van der Waals surface area contributed by atoms with Crippen LogP contribution in [0.5, 0.6) is 0 Å². The van der Waals surface area contributed by atoms with E-state index >= 15 is 0 Å². The van der Waals surface area contributed by atoms with Crippen LogP contribution >= 0.6 is 10.2 Å². The van der Waals surface area contributed by atoms with Gasteiger partial charge < -0.3 is 20.1 Å². The third kappa shape index (κ3) is 8.59. The van der Waals surface area contributed by atoms with Gasteiger partial charge >= 0.3 is 16.3 Å². The van der Waals surface area contributed by atoms with Gasteiger partial charge in [-0.25, -0.2) is 4.79 Å². The molecule has 1 aromatic carbocycles. The van der Waals surface area contributed by atoms with E-state index in [1.54, 1.807) is 20.8 Å². The zero-order valence-electron chi connectivity index (χ0n) is 24.7. The molecular formula is C28H34F5N5O6S. The van der Waals surface area contributed by atoms with Gasteiger partial charge in [-0.05, 0) is 63.9 Å². The second-order valence-electron chi connectivity index (χ2n) is 11.7. The molecule has 2 aliphatic heterocycles. The van der Waals surface area contributed by atoms with Crippen LogP contribution in [0.25, 0.3) is 0 Å². The van der Waals surface area contributed by atoms with Crippen molar-refractivity contribution in [3.8, 4) is 0 Å². The van der Waals surface area contributed by atoms with E-state index in [4.69, 9.17) is 9.47 Å². The number of aromatic nitrogens is 1. The summed E-state index contributed by atoms with van der Waals surface area (Å²) in [5.41, 5.74) is -1.25. The summed E-state index contributed by atoms with van der Waals surface area (Å²) in [5.74, 6) is -2.36. The molecule has 248 valence electrons. The first-order valence-corrected chi connectivity index (χ1v) is 15.9. The van der Waals surface area contributed by atoms with Crippen LogP contribution in [0, 0.1) is 0 Å². The first-order chi connectivity index (χ1) is 20.7. The van der Waals surface area contributed by atoms with Crippen LogP contribution in [0.15, 0.2) is 53.7 Å². The molecule has 2 aromatic rings. The van der Waals surface area contributed by atoms with Gasteiger partial charge in [-0.15, -0.1) is 0 Å². The predicted molar refractivity (Wildman–Crippen MR) is 154 cm³/mol. The number of carbonyl (C=O) groups excluding carboxylic acids is 4. The average Bonchev–Trinajstić information content (AvgIpc) is 2.94. The summed E-state index contributed by atoms with van der Waals surface area (Å²) in [6, 6.07) is 1.03. The van der Waals surface area contributed by atoms with Gasteiger partial charge in [0.1, 0.15) is 29.1 Å². The van der Waals surface area contributed by atoms with E-state index in [1.807, 2.05) is 0 Å². The van der Waals surface area contributed by atoms with E-state index in [2.05, 4.69) is 15.6 Å². The fourth-order valence-electron chi connectivity index (χ4n) is 4.88. The number of ether oxygens (including phenoxy) is 2. The molecule has 2 fully saturated rings. The Kier molecular flexibility index (Phi) is 8.84. The number of benzene rings is 1. The van der Waals surface area contributed by atoms with Crippen LogP contribution in [0.4, 0.5) is 29.9 Å². The lowest BCUT2D eigenvalue weighted by atomic mass is 10.0. The standard InChI is InChI=1S/C28H34F5N5O6S/c1-28(2,3)44-27(42)37-17-23(39)35-16-22(37)26(41)38(20-6-8-21(9-7-20)45(29,30,31,32)33)24(18-5-4-12-34-15-18)25(40)36-19-10-13-43-14-11-19/h4-9,12,15,19,22,24H,10-11,13-14,16-17H2,1-3H3,(H,35,39)(H,36,40)/t22-,24?/m1/s1. The van der Waals surface area contributed by atoms with Crippen molar-refractivity contribution < 1.29 is 48.1 Å². The molecule has 0 radical (unpaired) electrons. The maximum Gasteiger partial charge on any atom is 0.411 e. The van der Waals surface area contributed by atoms with E-state index in [9.17, 15) is 38.6 Å². The number of piperazine rings is 1. The Morgan fingerprint density at radius 1 is 1.09 bits per heavy atom. The Labute approximate surface area is 256 Å². The van der Waals surface area contributed by atoms with E-state index < -0.39 is 69.7 Å². The molecule has 11 nitrogen and oxygen atoms in total. The SMILES string of the molecule is CC(C)(C)OC(=O)N1CC(=O)NC[C@@H]1C(=O)N(c1ccc(S(F)(F)(F)(F)F)cc1)C(C(=O)NC1CCOCC1)c1cccnc1. The highest BCUT2D eigenvalue weighted by Crippen LogP contribution is 3.02. The van der Waals surface area contributed by atoms with Crippen molar-refractivity contribution in [2.24, 2.45) is 0 Å². The van der Waals surface area contributed by atoms with Crippen molar-refractivity contribution >= 4 is 39.7 Å². The van der Waals surface area contributed by atoms with Crippen LogP contribution in [0.2, 0.25) is 0 Å². The quantitative estimate of drug-likeness (QED) is 0.406. The Bertz CT molecular complexity index is 1440. The Morgan fingerprint density at radius 2 is 1.73 bits per heavy atom. The fraction of sp³-hybridized carbons (Fsp3) is 0.464. The minimum Gasteiger partial charge on any atom is -0.444 e. The van der Waals surface area contributed by atoms with Crippen molar-refractivity contribution in [3.05, 3.63) is 54.4 Å². The first-order valence-electron chi connectivity index (χ1n) is 13.9. The first kappa shape index (κ1) is 33.9. The summed E-state index contributed by atoms with van der Waals surface area (Å²) >= 11 is 0. The number of carbonyl (C=O) groups is 4. The number of amides is 4. The van der Waals surface area contributed by atoms with Crippen molar-refractivity contribution in [3.63, 3.8) is 0 Å². The molecule has 0 saturated carbocycles. The lowest BCUT2D eigenvalue weighted by Crippen LogP contribution is -2.63. The highest BCUT2D eigenvalue weighted by molar-refractivity contribution is 8.45. The molecule has 0 aliphatic carbocycles. The number of nitrogens with zero attached hydrogens (tertiary/aromatic N) is 3. The van der Waals surface area contributed by atoms with E-state index in [-0.39, 0.29) is 29.4 Å². The zero-order valence-corrected chi connectivity index (χ0v) is 25.5. The molecule has 2 atom stereocenters. The minimum atomic E-state index is -10.1. The number of pyridine rings is 1. The summed E-state index contributed by atoms with van der Waals surface area (Å²) in [6.07, 6.45) is 2.52. The minimum absolute atomic E-state index is 0.127. The van der Waals surface area contributed by atoms with Gasteiger partial charge in [0.15, 0.2) is 0 Å². The predicted octanol–water partition coefficient (Wildman–Crippen LogP) is 4.84. The summed E-state index contributed by atoms with van der Waals surface area (Å²) < 4.78 is 78.7. The molecular weight excluding hydrogens is 629 g/mol. The average molecular weight is 664 g/mol. The normalized spacial score (nSPS) is 20.2. The van der Waals surface area contributed by atoms with Gasteiger partial charge in [0.25, 0.3) is 5.91 Å². The van der Waals surface area contributed by atoms with E-state index in [1.165, 1.54) is 24.5 Å². The number of anilines is 1.